The van der Waals surface area contributed by atoms with Crippen LogP contribution in [0.25, 0.3) is 0 Å². The van der Waals surface area contributed by atoms with E-state index in [1.807, 2.05) is 31.2 Å². The molecule has 0 aliphatic heterocycles. The van der Waals surface area contributed by atoms with Crippen LogP contribution in [0.1, 0.15) is 18.5 Å². The topological polar surface area (TPSA) is 76.1 Å². The van der Waals surface area contributed by atoms with E-state index < -0.39 is 0 Å². The minimum atomic E-state index is -0.131. The van der Waals surface area contributed by atoms with Gasteiger partial charge in [0.25, 0.3) is 0 Å². The van der Waals surface area contributed by atoms with Crippen LogP contribution in [0, 0.1) is 0 Å². The number of thioether (sulfide) groups is 1. The maximum Gasteiger partial charge on any atom is 0.230 e. The Morgan fingerprint density at radius 2 is 2.25 bits per heavy atom. The van der Waals surface area contributed by atoms with E-state index in [0.29, 0.717) is 6.54 Å². The number of rotatable bonds is 9. The molecule has 1 amide bonds. The average molecular weight is 364 g/mol. The quantitative estimate of drug-likeness (QED) is 0.526. The maximum absolute atomic E-state index is 12.1. The van der Waals surface area contributed by atoms with Crippen molar-refractivity contribution in [3.8, 4) is 5.75 Å². The number of benzene rings is 1. The number of carbonyl (C=O) groups is 1. The number of nitrogens with zero attached hydrogens (tertiary/aromatic N) is 2. The zero-order valence-electron chi connectivity index (χ0n) is 13.6. The van der Waals surface area contributed by atoms with E-state index in [2.05, 4.69) is 27.4 Å². The summed E-state index contributed by atoms with van der Waals surface area (Å²) in [6.07, 6.45) is 1.75. The molecule has 2 rings (SSSR count). The van der Waals surface area contributed by atoms with E-state index in [1.54, 1.807) is 13.2 Å². The first kappa shape index (κ1) is 18.3. The molecule has 1 unspecified atom stereocenters. The summed E-state index contributed by atoms with van der Waals surface area (Å²) in [4.78, 5) is 12.1. The van der Waals surface area contributed by atoms with Crippen molar-refractivity contribution >= 4 is 34.1 Å². The fourth-order valence-corrected chi connectivity index (χ4v) is 3.58. The molecule has 0 aliphatic carbocycles. The van der Waals surface area contributed by atoms with Gasteiger partial charge in [0.1, 0.15) is 5.75 Å². The van der Waals surface area contributed by atoms with Crippen LogP contribution in [0.4, 0.5) is 5.13 Å². The first-order valence-corrected chi connectivity index (χ1v) is 9.17. The first-order valence-electron chi connectivity index (χ1n) is 7.37. The van der Waals surface area contributed by atoms with Crippen molar-refractivity contribution in [2.24, 2.45) is 0 Å². The molecule has 0 bridgehead atoms. The Morgan fingerprint density at radius 3 is 3.00 bits per heavy atom. The van der Waals surface area contributed by atoms with Gasteiger partial charge in [-0.25, -0.2) is 0 Å². The number of amides is 1. The second-order valence-electron chi connectivity index (χ2n) is 4.86. The summed E-state index contributed by atoms with van der Waals surface area (Å²) < 4.78 is 6.08. The van der Waals surface area contributed by atoms with Gasteiger partial charge in [0, 0.05) is 12.1 Å². The normalized spacial score (nSPS) is 11.6. The molecule has 24 heavy (non-hydrogen) atoms. The number of hydrogen-bond acceptors (Lipinski definition) is 7. The van der Waals surface area contributed by atoms with Crippen LogP contribution in [0.3, 0.4) is 0 Å². The van der Waals surface area contributed by atoms with E-state index in [9.17, 15) is 4.79 Å². The second-order valence-corrected chi connectivity index (χ2v) is 7.06. The van der Waals surface area contributed by atoms with E-state index in [1.165, 1.54) is 23.1 Å². The van der Waals surface area contributed by atoms with Crippen molar-refractivity contribution < 1.29 is 9.53 Å². The maximum atomic E-state index is 12.1. The van der Waals surface area contributed by atoms with Gasteiger partial charge in [-0.3, -0.25) is 4.79 Å². The molecule has 1 aromatic carbocycles. The molecular formula is C16H20N4O2S2. The molecule has 8 heteroatoms. The summed E-state index contributed by atoms with van der Waals surface area (Å²) in [5, 5.41) is 14.8. The van der Waals surface area contributed by atoms with E-state index >= 15 is 0 Å². The summed E-state index contributed by atoms with van der Waals surface area (Å²) in [5.41, 5.74) is 0.949. The zero-order chi connectivity index (χ0) is 17.4. The molecule has 0 fully saturated rings. The van der Waals surface area contributed by atoms with Gasteiger partial charge in [-0.1, -0.05) is 47.4 Å². The molecule has 0 saturated carbocycles. The van der Waals surface area contributed by atoms with Gasteiger partial charge in [-0.2, -0.15) is 0 Å². The number of methoxy groups -OCH3 is 1. The predicted octanol–water partition coefficient (Wildman–Crippen LogP) is 3.11. The highest BCUT2D eigenvalue weighted by Gasteiger charge is 2.14. The largest absolute Gasteiger partial charge is 0.496 e. The molecule has 6 nitrogen and oxygen atoms in total. The predicted molar refractivity (Wildman–Crippen MR) is 98.9 cm³/mol. The summed E-state index contributed by atoms with van der Waals surface area (Å²) in [5.74, 6) is 0.990. The highest BCUT2D eigenvalue weighted by molar-refractivity contribution is 8.01. The van der Waals surface area contributed by atoms with E-state index in [4.69, 9.17) is 4.74 Å². The molecule has 0 saturated heterocycles. The first-order chi connectivity index (χ1) is 11.6. The average Bonchev–Trinajstić information content (AvgIpc) is 3.06. The third-order valence-corrected chi connectivity index (χ3v) is 5.13. The summed E-state index contributed by atoms with van der Waals surface area (Å²) in [6.45, 7) is 6.20. The number of anilines is 1. The zero-order valence-corrected chi connectivity index (χ0v) is 15.2. The van der Waals surface area contributed by atoms with Crippen LogP contribution in [0.5, 0.6) is 5.75 Å². The Bertz CT molecular complexity index is 690. The van der Waals surface area contributed by atoms with Crippen LogP contribution in [-0.4, -0.2) is 35.5 Å². The molecule has 1 heterocycles. The minimum Gasteiger partial charge on any atom is -0.496 e. The molecule has 0 radical (unpaired) electrons. The molecule has 2 aromatic rings. The van der Waals surface area contributed by atoms with Crippen molar-refractivity contribution in [3.05, 3.63) is 42.5 Å². The van der Waals surface area contributed by atoms with Gasteiger partial charge in [-0.05, 0) is 13.0 Å². The van der Waals surface area contributed by atoms with Crippen LogP contribution in [0.15, 0.2) is 41.3 Å². The van der Waals surface area contributed by atoms with Crippen LogP contribution in [-0.2, 0) is 4.79 Å². The van der Waals surface area contributed by atoms with Gasteiger partial charge < -0.3 is 15.4 Å². The smallest absolute Gasteiger partial charge is 0.230 e. The Labute approximate surface area is 149 Å². The standard InChI is InChI=1S/C16H20N4O2S2/c1-4-9-17-15-19-20-16(24-15)23-10-14(21)18-11(2)12-7-5-6-8-13(12)22-3/h4-8,11H,1,9-10H2,2-3H3,(H,17,19)(H,18,21). The van der Waals surface area contributed by atoms with Gasteiger partial charge >= 0.3 is 0 Å². The van der Waals surface area contributed by atoms with Crippen molar-refractivity contribution in [1.82, 2.24) is 15.5 Å². The van der Waals surface area contributed by atoms with Gasteiger partial charge in [0.2, 0.25) is 11.0 Å². The minimum absolute atomic E-state index is 0.0609. The van der Waals surface area contributed by atoms with E-state index in [-0.39, 0.29) is 17.7 Å². The molecular weight excluding hydrogens is 344 g/mol. The Hall–Kier alpha value is -2.06. The van der Waals surface area contributed by atoms with E-state index in [0.717, 1.165) is 20.8 Å². The van der Waals surface area contributed by atoms with Gasteiger partial charge in [0.15, 0.2) is 4.34 Å². The van der Waals surface area contributed by atoms with Crippen LogP contribution >= 0.6 is 23.1 Å². The highest BCUT2D eigenvalue weighted by atomic mass is 32.2. The number of ether oxygens (including phenoxy) is 1. The fourth-order valence-electron chi connectivity index (χ4n) is 2.01. The number of aromatic nitrogens is 2. The third-order valence-electron chi connectivity index (χ3n) is 3.11. The Balaban J connectivity index is 1.84. The summed E-state index contributed by atoms with van der Waals surface area (Å²) in [7, 11) is 1.62. The van der Waals surface area contributed by atoms with Gasteiger partial charge in [-0.15, -0.1) is 16.8 Å². The number of hydrogen-bond donors (Lipinski definition) is 2. The van der Waals surface area contributed by atoms with Crippen LogP contribution in [0.2, 0.25) is 0 Å². The van der Waals surface area contributed by atoms with Crippen molar-refractivity contribution in [3.63, 3.8) is 0 Å². The molecule has 2 N–H and O–H groups in total. The lowest BCUT2D eigenvalue weighted by molar-refractivity contribution is -0.119. The molecule has 0 aliphatic rings. The van der Waals surface area contributed by atoms with Gasteiger partial charge in [0.05, 0.1) is 18.9 Å². The number of carbonyl (C=O) groups excluding carboxylic acids is 1. The lowest BCUT2D eigenvalue weighted by Crippen LogP contribution is -2.28. The lowest BCUT2D eigenvalue weighted by Gasteiger charge is -2.16. The lowest BCUT2D eigenvalue weighted by atomic mass is 10.1. The fraction of sp³-hybridized carbons (Fsp3) is 0.312. The Kier molecular flexibility index (Phi) is 7.07. The van der Waals surface area contributed by atoms with Crippen molar-refractivity contribution in [2.45, 2.75) is 17.3 Å². The number of nitrogens with one attached hydrogen (secondary N) is 2. The monoisotopic (exact) mass is 364 g/mol. The number of para-hydroxylation sites is 1. The summed E-state index contributed by atoms with van der Waals surface area (Å²) >= 11 is 2.78. The highest BCUT2D eigenvalue weighted by Crippen LogP contribution is 2.26. The summed E-state index contributed by atoms with van der Waals surface area (Å²) in [6, 6.07) is 7.52. The van der Waals surface area contributed by atoms with Crippen molar-refractivity contribution in [2.75, 3.05) is 24.7 Å². The molecule has 0 spiro atoms. The second kappa shape index (κ2) is 9.29. The van der Waals surface area contributed by atoms with Crippen molar-refractivity contribution in [1.29, 1.82) is 0 Å². The Morgan fingerprint density at radius 1 is 1.46 bits per heavy atom. The third kappa shape index (κ3) is 5.24. The SMILES string of the molecule is C=CCNc1nnc(SCC(=O)NC(C)c2ccccc2OC)s1. The molecule has 1 atom stereocenters. The molecule has 1 aromatic heterocycles. The molecule has 128 valence electrons. The van der Waals surface area contributed by atoms with Crippen LogP contribution < -0.4 is 15.4 Å².